The molecule has 0 aromatic heterocycles. The van der Waals surface area contributed by atoms with E-state index in [4.69, 9.17) is 14.9 Å². The number of hydrogen-bond donors (Lipinski definition) is 2. The van der Waals surface area contributed by atoms with E-state index in [-0.39, 0.29) is 13.2 Å². The van der Waals surface area contributed by atoms with E-state index in [0.717, 1.165) is 24.6 Å². The van der Waals surface area contributed by atoms with Gasteiger partial charge >= 0.3 is 0 Å². The SMILES string of the molecule is OCC(O)COCCCCCBr. The highest BCUT2D eigenvalue weighted by atomic mass is 79.9. The molecule has 0 aromatic rings. The standard InChI is InChI=1S/C8H17BrO3/c9-4-2-1-3-5-12-7-8(11)6-10/h8,10-11H,1-7H2. The minimum Gasteiger partial charge on any atom is -0.394 e. The van der Waals surface area contributed by atoms with Crippen molar-refractivity contribution < 1.29 is 14.9 Å². The van der Waals surface area contributed by atoms with E-state index in [0.29, 0.717) is 6.61 Å². The van der Waals surface area contributed by atoms with Crippen molar-refractivity contribution in [2.24, 2.45) is 0 Å². The lowest BCUT2D eigenvalue weighted by atomic mass is 10.3. The van der Waals surface area contributed by atoms with Crippen LogP contribution in [0.5, 0.6) is 0 Å². The summed E-state index contributed by atoms with van der Waals surface area (Å²) in [6.07, 6.45) is 2.59. The Morgan fingerprint density at radius 3 is 2.58 bits per heavy atom. The predicted octanol–water partition coefficient (Wildman–Crippen LogP) is 0.921. The Bertz CT molecular complexity index is 90.4. The summed E-state index contributed by atoms with van der Waals surface area (Å²) in [6.45, 7) is 0.691. The molecule has 0 spiro atoms. The zero-order valence-electron chi connectivity index (χ0n) is 7.21. The molecule has 0 saturated heterocycles. The maximum Gasteiger partial charge on any atom is 0.100 e. The first kappa shape index (κ1) is 12.4. The first-order valence-electron chi connectivity index (χ1n) is 4.24. The van der Waals surface area contributed by atoms with Gasteiger partial charge in [0.25, 0.3) is 0 Å². The molecule has 1 unspecified atom stereocenters. The Hall–Kier alpha value is 0.360. The lowest BCUT2D eigenvalue weighted by Gasteiger charge is -2.07. The first-order chi connectivity index (χ1) is 5.81. The topological polar surface area (TPSA) is 49.7 Å². The quantitative estimate of drug-likeness (QED) is 0.490. The highest BCUT2D eigenvalue weighted by Crippen LogP contribution is 1.98. The molecule has 0 aliphatic carbocycles. The third kappa shape index (κ3) is 8.46. The maximum absolute atomic E-state index is 8.88. The molecule has 0 saturated carbocycles. The summed E-state index contributed by atoms with van der Waals surface area (Å²) >= 11 is 3.34. The summed E-state index contributed by atoms with van der Waals surface area (Å²) in [5.41, 5.74) is 0. The molecule has 0 bridgehead atoms. The minimum atomic E-state index is -0.721. The van der Waals surface area contributed by atoms with Gasteiger partial charge in [0.05, 0.1) is 13.2 Å². The Labute approximate surface area is 81.9 Å². The average molecular weight is 241 g/mol. The van der Waals surface area contributed by atoms with Gasteiger partial charge in [0.15, 0.2) is 0 Å². The zero-order valence-corrected chi connectivity index (χ0v) is 8.79. The van der Waals surface area contributed by atoms with E-state index in [1.807, 2.05) is 0 Å². The smallest absolute Gasteiger partial charge is 0.100 e. The Morgan fingerprint density at radius 1 is 1.25 bits per heavy atom. The number of unbranched alkanes of at least 4 members (excludes halogenated alkanes) is 2. The second-order valence-electron chi connectivity index (χ2n) is 2.66. The molecule has 74 valence electrons. The van der Waals surface area contributed by atoms with Crippen LogP contribution in [0.1, 0.15) is 19.3 Å². The summed E-state index contributed by atoms with van der Waals surface area (Å²) in [6, 6.07) is 0. The largest absolute Gasteiger partial charge is 0.394 e. The molecule has 0 aliphatic heterocycles. The number of alkyl halides is 1. The van der Waals surface area contributed by atoms with Crippen LogP contribution in [-0.2, 0) is 4.74 Å². The Balaban J connectivity index is 2.90. The maximum atomic E-state index is 8.88. The molecule has 0 aromatic carbocycles. The first-order valence-corrected chi connectivity index (χ1v) is 5.36. The fourth-order valence-corrected chi connectivity index (χ4v) is 1.14. The van der Waals surface area contributed by atoms with Crippen LogP contribution in [-0.4, -0.2) is 41.5 Å². The van der Waals surface area contributed by atoms with Crippen LogP contribution in [0.4, 0.5) is 0 Å². The van der Waals surface area contributed by atoms with Crippen LogP contribution in [0.3, 0.4) is 0 Å². The van der Waals surface area contributed by atoms with E-state index in [9.17, 15) is 0 Å². The van der Waals surface area contributed by atoms with Gasteiger partial charge in [-0.25, -0.2) is 0 Å². The lowest BCUT2D eigenvalue weighted by molar-refractivity contribution is 0.00535. The monoisotopic (exact) mass is 240 g/mol. The molecule has 1 atom stereocenters. The van der Waals surface area contributed by atoms with Crippen LogP contribution in [0, 0.1) is 0 Å². The fraction of sp³-hybridized carbons (Fsp3) is 1.00. The van der Waals surface area contributed by atoms with E-state index >= 15 is 0 Å². The minimum absolute atomic E-state index is 0.221. The van der Waals surface area contributed by atoms with Crippen LogP contribution < -0.4 is 0 Å². The van der Waals surface area contributed by atoms with E-state index in [1.165, 1.54) is 0 Å². The number of aliphatic hydroxyl groups excluding tert-OH is 2. The highest BCUT2D eigenvalue weighted by molar-refractivity contribution is 9.09. The van der Waals surface area contributed by atoms with Crippen molar-refractivity contribution in [3.05, 3.63) is 0 Å². The van der Waals surface area contributed by atoms with Crippen molar-refractivity contribution >= 4 is 15.9 Å². The molecule has 0 radical (unpaired) electrons. The second-order valence-corrected chi connectivity index (χ2v) is 3.45. The number of ether oxygens (including phenoxy) is 1. The molecule has 0 amide bonds. The van der Waals surface area contributed by atoms with Crippen LogP contribution in [0.15, 0.2) is 0 Å². The van der Waals surface area contributed by atoms with Crippen molar-refractivity contribution in [3.8, 4) is 0 Å². The molecular weight excluding hydrogens is 224 g/mol. The van der Waals surface area contributed by atoms with Crippen molar-refractivity contribution in [1.82, 2.24) is 0 Å². The molecule has 12 heavy (non-hydrogen) atoms. The van der Waals surface area contributed by atoms with Gasteiger partial charge in [-0.3, -0.25) is 0 Å². The van der Waals surface area contributed by atoms with Crippen LogP contribution in [0.25, 0.3) is 0 Å². The number of hydrogen-bond acceptors (Lipinski definition) is 3. The Morgan fingerprint density at radius 2 is 2.00 bits per heavy atom. The van der Waals surface area contributed by atoms with E-state index in [1.54, 1.807) is 0 Å². The van der Waals surface area contributed by atoms with Crippen molar-refractivity contribution in [2.45, 2.75) is 25.4 Å². The van der Waals surface area contributed by atoms with Gasteiger partial charge in [0, 0.05) is 11.9 Å². The van der Waals surface area contributed by atoms with Crippen molar-refractivity contribution in [2.75, 3.05) is 25.2 Å². The molecule has 0 rings (SSSR count). The average Bonchev–Trinajstić information content (AvgIpc) is 2.10. The van der Waals surface area contributed by atoms with Gasteiger partial charge in [-0.15, -0.1) is 0 Å². The summed E-state index contributed by atoms with van der Waals surface area (Å²) < 4.78 is 5.11. The van der Waals surface area contributed by atoms with Crippen molar-refractivity contribution in [1.29, 1.82) is 0 Å². The second kappa shape index (κ2) is 9.45. The normalized spacial score (nSPS) is 13.2. The van der Waals surface area contributed by atoms with Gasteiger partial charge < -0.3 is 14.9 Å². The van der Waals surface area contributed by atoms with Gasteiger partial charge in [-0.2, -0.15) is 0 Å². The molecule has 2 N–H and O–H groups in total. The summed E-state index contributed by atoms with van der Waals surface area (Å²) in [4.78, 5) is 0. The number of rotatable bonds is 8. The van der Waals surface area contributed by atoms with Gasteiger partial charge in [0.2, 0.25) is 0 Å². The summed E-state index contributed by atoms with van der Waals surface area (Å²) in [5, 5.41) is 18.4. The summed E-state index contributed by atoms with van der Waals surface area (Å²) in [7, 11) is 0. The fourth-order valence-electron chi connectivity index (χ4n) is 0.747. The number of halogens is 1. The number of aliphatic hydroxyl groups is 2. The van der Waals surface area contributed by atoms with E-state index in [2.05, 4.69) is 15.9 Å². The molecule has 3 nitrogen and oxygen atoms in total. The van der Waals surface area contributed by atoms with Gasteiger partial charge in [0.1, 0.15) is 6.10 Å². The molecule has 4 heteroatoms. The highest BCUT2D eigenvalue weighted by Gasteiger charge is 2.00. The third-order valence-corrected chi connectivity index (χ3v) is 2.00. The molecule has 0 heterocycles. The van der Waals surface area contributed by atoms with Crippen molar-refractivity contribution in [3.63, 3.8) is 0 Å². The summed E-state index contributed by atoms with van der Waals surface area (Å²) in [5.74, 6) is 0. The molecular formula is C8H17BrO3. The lowest BCUT2D eigenvalue weighted by Crippen LogP contribution is -2.19. The molecule has 0 aliphatic rings. The van der Waals surface area contributed by atoms with Gasteiger partial charge in [-0.05, 0) is 12.8 Å². The van der Waals surface area contributed by atoms with E-state index < -0.39 is 6.10 Å². The Kier molecular flexibility index (Phi) is 9.73. The predicted molar refractivity (Wildman–Crippen MR) is 51.6 cm³/mol. The third-order valence-electron chi connectivity index (χ3n) is 1.44. The molecule has 0 fully saturated rings. The van der Waals surface area contributed by atoms with Crippen LogP contribution >= 0.6 is 15.9 Å². The zero-order chi connectivity index (χ0) is 9.23. The van der Waals surface area contributed by atoms with Gasteiger partial charge in [-0.1, -0.05) is 22.4 Å². The van der Waals surface area contributed by atoms with Crippen LogP contribution in [0.2, 0.25) is 0 Å².